The van der Waals surface area contributed by atoms with E-state index in [1.54, 1.807) is 12.1 Å². The molecular weight excluding hydrogens is 354 g/mol. The van der Waals surface area contributed by atoms with Crippen molar-refractivity contribution in [2.45, 2.75) is 20.5 Å². The molecule has 25 heavy (non-hydrogen) atoms. The van der Waals surface area contributed by atoms with Gasteiger partial charge in [0.05, 0.1) is 4.88 Å². The van der Waals surface area contributed by atoms with Gasteiger partial charge in [0.25, 0.3) is 5.91 Å². The van der Waals surface area contributed by atoms with Crippen LogP contribution in [0.3, 0.4) is 0 Å². The molecule has 0 fully saturated rings. The fourth-order valence-corrected chi connectivity index (χ4v) is 3.32. The van der Waals surface area contributed by atoms with Crippen LogP contribution in [0, 0.1) is 13.8 Å². The lowest BCUT2D eigenvalue weighted by molar-refractivity contribution is 0.103. The van der Waals surface area contributed by atoms with Crippen molar-refractivity contribution >= 4 is 34.5 Å². The molecule has 1 aromatic heterocycles. The van der Waals surface area contributed by atoms with Crippen LogP contribution in [0.2, 0.25) is 5.02 Å². The predicted octanol–water partition coefficient (Wildman–Crippen LogP) is 5.85. The van der Waals surface area contributed by atoms with E-state index in [-0.39, 0.29) is 5.91 Å². The van der Waals surface area contributed by atoms with E-state index in [1.807, 2.05) is 55.6 Å². The van der Waals surface area contributed by atoms with Gasteiger partial charge in [-0.1, -0.05) is 29.8 Å². The molecular formula is C20H18ClNO2S. The molecule has 0 atom stereocenters. The maximum Gasteiger partial charge on any atom is 0.265 e. The summed E-state index contributed by atoms with van der Waals surface area (Å²) in [5.41, 5.74) is 3.95. The summed E-state index contributed by atoms with van der Waals surface area (Å²) in [6.45, 7) is 4.38. The van der Waals surface area contributed by atoms with Crippen LogP contribution < -0.4 is 10.1 Å². The van der Waals surface area contributed by atoms with Gasteiger partial charge in [0.1, 0.15) is 12.4 Å². The Bertz CT molecular complexity index is 904. The first kappa shape index (κ1) is 17.5. The first-order chi connectivity index (χ1) is 12.0. The molecule has 5 heteroatoms. The van der Waals surface area contributed by atoms with Gasteiger partial charge in [0.2, 0.25) is 0 Å². The number of rotatable bonds is 5. The highest BCUT2D eigenvalue weighted by Gasteiger charge is 2.11. The largest absolute Gasteiger partial charge is 0.489 e. The SMILES string of the molecule is Cc1ccc(C)c(NC(=O)c2cc(COc3cccc(Cl)c3)cs2)c1. The van der Waals surface area contributed by atoms with Gasteiger partial charge < -0.3 is 10.1 Å². The number of carbonyl (C=O) groups excluding carboxylic acids is 1. The molecule has 0 aliphatic heterocycles. The molecule has 0 aliphatic rings. The Morgan fingerprint density at radius 1 is 1.16 bits per heavy atom. The number of benzene rings is 2. The average molecular weight is 372 g/mol. The Kier molecular flexibility index (Phi) is 5.41. The highest BCUT2D eigenvalue weighted by molar-refractivity contribution is 7.12. The van der Waals surface area contributed by atoms with Crippen LogP contribution in [-0.4, -0.2) is 5.91 Å². The first-order valence-electron chi connectivity index (χ1n) is 7.85. The lowest BCUT2D eigenvalue weighted by atomic mass is 10.1. The summed E-state index contributed by atoms with van der Waals surface area (Å²) in [5, 5.41) is 5.54. The van der Waals surface area contributed by atoms with E-state index < -0.39 is 0 Å². The molecule has 128 valence electrons. The predicted molar refractivity (Wildman–Crippen MR) is 104 cm³/mol. The molecule has 0 spiro atoms. The second-order valence-corrected chi connectivity index (χ2v) is 7.19. The Balaban J connectivity index is 1.64. The smallest absolute Gasteiger partial charge is 0.265 e. The number of hydrogen-bond donors (Lipinski definition) is 1. The van der Waals surface area contributed by atoms with Crippen LogP contribution >= 0.6 is 22.9 Å². The molecule has 3 nitrogen and oxygen atoms in total. The maximum absolute atomic E-state index is 12.5. The Morgan fingerprint density at radius 2 is 2.00 bits per heavy atom. The minimum atomic E-state index is -0.104. The normalized spacial score (nSPS) is 10.5. The van der Waals surface area contributed by atoms with E-state index in [4.69, 9.17) is 16.3 Å². The number of amides is 1. The zero-order valence-electron chi connectivity index (χ0n) is 14.0. The zero-order valence-corrected chi connectivity index (χ0v) is 15.6. The van der Waals surface area contributed by atoms with Crippen molar-refractivity contribution in [3.05, 3.63) is 80.5 Å². The molecule has 2 aromatic carbocycles. The van der Waals surface area contributed by atoms with Crippen LogP contribution in [0.25, 0.3) is 0 Å². The minimum Gasteiger partial charge on any atom is -0.489 e. The molecule has 1 heterocycles. The zero-order chi connectivity index (χ0) is 17.8. The number of aryl methyl sites for hydroxylation is 2. The van der Waals surface area contributed by atoms with Crippen LogP contribution in [-0.2, 0) is 6.61 Å². The van der Waals surface area contributed by atoms with Crippen molar-refractivity contribution in [1.29, 1.82) is 0 Å². The number of halogens is 1. The van der Waals surface area contributed by atoms with Gasteiger partial charge >= 0.3 is 0 Å². The number of ether oxygens (including phenoxy) is 1. The molecule has 0 aliphatic carbocycles. The average Bonchev–Trinajstić information content (AvgIpc) is 3.05. The van der Waals surface area contributed by atoms with E-state index in [1.165, 1.54) is 11.3 Å². The molecule has 0 bridgehead atoms. The molecule has 0 radical (unpaired) electrons. The molecule has 0 saturated heterocycles. The highest BCUT2D eigenvalue weighted by Crippen LogP contribution is 2.22. The molecule has 3 rings (SSSR count). The van der Waals surface area contributed by atoms with Crippen LogP contribution in [0.1, 0.15) is 26.4 Å². The second-order valence-electron chi connectivity index (χ2n) is 5.84. The molecule has 0 saturated carbocycles. The van der Waals surface area contributed by atoms with Crippen molar-refractivity contribution < 1.29 is 9.53 Å². The Labute approximate surface area is 156 Å². The van der Waals surface area contributed by atoms with Crippen molar-refractivity contribution in [3.63, 3.8) is 0 Å². The fraction of sp³-hybridized carbons (Fsp3) is 0.150. The third kappa shape index (κ3) is 4.62. The van der Waals surface area contributed by atoms with Gasteiger partial charge in [-0.3, -0.25) is 4.79 Å². The number of anilines is 1. The first-order valence-corrected chi connectivity index (χ1v) is 9.11. The third-order valence-electron chi connectivity index (χ3n) is 3.72. The molecule has 3 aromatic rings. The van der Waals surface area contributed by atoms with E-state index in [2.05, 4.69) is 5.32 Å². The quantitative estimate of drug-likeness (QED) is 0.610. The van der Waals surface area contributed by atoms with E-state index in [0.717, 1.165) is 22.4 Å². The molecule has 1 N–H and O–H groups in total. The maximum atomic E-state index is 12.5. The van der Waals surface area contributed by atoms with Crippen LogP contribution in [0.15, 0.2) is 53.9 Å². The van der Waals surface area contributed by atoms with Gasteiger partial charge in [-0.15, -0.1) is 11.3 Å². The monoisotopic (exact) mass is 371 g/mol. The fourth-order valence-electron chi connectivity index (χ4n) is 2.35. The van der Waals surface area contributed by atoms with Crippen molar-refractivity contribution in [2.75, 3.05) is 5.32 Å². The van der Waals surface area contributed by atoms with Crippen molar-refractivity contribution in [2.24, 2.45) is 0 Å². The summed E-state index contributed by atoms with van der Waals surface area (Å²) in [5.74, 6) is 0.604. The second kappa shape index (κ2) is 7.72. The Morgan fingerprint density at radius 3 is 2.80 bits per heavy atom. The van der Waals surface area contributed by atoms with E-state index in [9.17, 15) is 4.79 Å². The van der Waals surface area contributed by atoms with E-state index in [0.29, 0.717) is 22.3 Å². The lowest BCUT2D eigenvalue weighted by Crippen LogP contribution is -2.11. The number of nitrogens with one attached hydrogen (secondary N) is 1. The lowest BCUT2D eigenvalue weighted by Gasteiger charge is -2.08. The number of hydrogen-bond acceptors (Lipinski definition) is 3. The summed E-state index contributed by atoms with van der Waals surface area (Å²) in [6.07, 6.45) is 0. The van der Waals surface area contributed by atoms with Gasteiger partial charge in [-0.05, 0) is 60.7 Å². The topological polar surface area (TPSA) is 38.3 Å². The van der Waals surface area contributed by atoms with Crippen molar-refractivity contribution in [3.8, 4) is 5.75 Å². The summed E-state index contributed by atoms with van der Waals surface area (Å²) >= 11 is 7.35. The van der Waals surface area contributed by atoms with Crippen LogP contribution in [0.5, 0.6) is 5.75 Å². The number of thiophene rings is 1. The minimum absolute atomic E-state index is 0.104. The summed E-state index contributed by atoms with van der Waals surface area (Å²) in [7, 11) is 0. The van der Waals surface area contributed by atoms with Gasteiger partial charge in [-0.25, -0.2) is 0 Å². The van der Waals surface area contributed by atoms with Gasteiger partial charge in [0, 0.05) is 16.3 Å². The van der Waals surface area contributed by atoms with Crippen LogP contribution in [0.4, 0.5) is 5.69 Å². The Hall–Kier alpha value is -2.30. The standard InChI is InChI=1S/C20H18ClNO2S/c1-13-6-7-14(2)18(8-13)22-20(23)19-9-15(12-25-19)11-24-17-5-3-4-16(21)10-17/h3-10,12H,11H2,1-2H3,(H,22,23). The molecule has 0 unspecified atom stereocenters. The van der Waals surface area contributed by atoms with E-state index >= 15 is 0 Å². The van der Waals surface area contributed by atoms with Gasteiger partial charge in [0.15, 0.2) is 0 Å². The highest BCUT2D eigenvalue weighted by atomic mass is 35.5. The number of carbonyl (C=O) groups is 1. The van der Waals surface area contributed by atoms with Crippen molar-refractivity contribution in [1.82, 2.24) is 0 Å². The summed E-state index contributed by atoms with van der Waals surface area (Å²) in [6, 6.07) is 15.1. The molecule has 1 amide bonds. The third-order valence-corrected chi connectivity index (χ3v) is 4.93. The summed E-state index contributed by atoms with van der Waals surface area (Å²) in [4.78, 5) is 13.1. The summed E-state index contributed by atoms with van der Waals surface area (Å²) < 4.78 is 5.71. The van der Waals surface area contributed by atoms with Gasteiger partial charge in [-0.2, -0.15) is 0 Å².